The summed E-state index contributed by atoms with van der Waals surface area (Å²) in [5, 5.41) is 0. The molecular formula is C12H22O2. The Kier molecular flexibility index (Phi) is 4.99. The highest BCUT2D eigenvalue weighted by Crippen LogP contribution is 2.30. The Hall–Kier alpha value is -0.530. The minimum absolute atomic E-state index is 0.00797. The Morgan fingerprint density at radius 2 is 2.14 bits per heavy atom. The van der Waals surface area contributed by atoms with E-state index < -0.39 is 0 Å². The lowest BCUT2D eigenvalue weighted by Gasteiger charge is -2.11. The predicted molar refractivity (Wildman–Crippen MR) is 57.0 cm³/mol. The molecule has 0 amide bonds. The average molecular weight is 198 g/mol. The number of ether oxygens (including phenoxy) is 1. The zero-order chi connectivity index (χ0) is 10.4. The normalized spacial score (nSPS) is 26.4. The summed E-state index contributed by atoms with van der Waals surface area (Å²) in [5.74, 6) is 0.799. The van der Waals surface area contributed by atoms with E-state index in [2.05, 4.69) is 13.8 Å². The molecule has 1 aliphatic carbocycles. The Labute approximate surface area is 87.0 Å². The molecule has 1 saturated carbocycles. The van der Waals surface area contributed by atoms with E-state index in [9.17, 15) is 4.79 Å². The molecule has 0 heterocycles. The van der Waals surface area contributed by atoms with Gasteiger partial charge in [0.2, 0.25) is 0 Å². The molecule has 1 rings (SSSR count). The highest BCUT2D eigenvalue weighted by atomic mass is 16.5. The Balaban J connectivity index is 2.15. The standard InChI is InChI=1S/C12H22O2/c1-3-5-6-12(13)14-11-8-7-10(4-2)9-11/h10-11H,3-9H2,1-2H3. The second kappa shape index (κ2) is 6.05. The first kappa shape index (κ1) is 11.5. The van der Waals surface area contributed by atoms with Crippen molar-refractivity contribution >= 4 is 5.97 Å². The first-order valence-corrected chi connectivity index (χ1v) is 5.95. The summed E-state index contributed by atoms with van der Waals surface area (Å²) >= 11 is 0. The molecule has 2 heteroatoms. The van der Waals surface area contributed by atoms with Crippen molar-refractivity contribution in [2.45, 2.75) is 64.9 Å². The molecule has 0 aromatic heterocycles. The van der Waals surface area contributed by atoms with Crippen LogP contribution in [0.25, 0.3) is 0 Å². The van der Waals surface area contributed by atoms with Crippen LogP contribution in [-0.4, -0.2) is 12.1 Å². The molecule has 0 bridgehead atoms. The number of carbonyl (C=O) groups is 1. The van der Waals surface area contributed by atoms with E-state index in [4.69, 9.17) is 4.74 Å². The maximum atomic E-state index is 11.3. The second-order valence-corrected chi connectivity index (χ2v) is 4.30. The van der Waals surface area contributed by atoms with Crippen molar-refractivity contribution in [1.29, 1.82) is 0 Å². The summed E-state index contributed by atoms with van der Waals surface area (Å²) in [7, 11) is 0. The van der Waals surface area contributed by atoms with Crippen molar-refractivity contribution in [1.82, 2.24) is 0 Å². The smallest absolute Gasteiger partial charge is 0.306 e. The third-order valence-corrected chi connectivity index (χ3v) is 3.10. The van der Waals surface area contributed by atoms with Gasteiger partial charge in [0.15, 0.2) is 0 Å². The van der Waals surface area contributed by atoms with E-state index in [1.807, 2.05) is 0 Å². The molecule has 2 nitrogen and oxygen atoms in total. The fraction of sp³-hybridized carbons (Fsp3) is 0.917. The molecule has 82 valence electrons. The molecule has 1 fully saturated rings. The van der Waals surface area contributed by atoms with Crippen LogP contribution in [0.2, 0.25) is 0 Å². The zero-order valence-electron chi connectivity index (χ0n) is 9.42. The van der Waals surface area contributed by atoms with Gasteiger partial charge in [-0.15, -0.1) is 0 Å². The minimum Gasteiger partial charge on any atom is -0.462 e. The van der Waals surface area contributed by atoms with E-state index in [-0.39, 0.29) is 12.1 Å². The summed E-state index contributed by atoms with van der Waals surface area (Å²) < 4.78 is 5.41. The lowest BCUT2D eigenvalue weighted by molar-refractivity contribution is -0.149. The number of esters is 1. The minimum atomic E-state index is 0.00797. The molecule has 2 unspecified atom stereocenters. The number of carbonyl (C=O) groups excluding carboxylic acids is 1. The molecular weight excluding hydrogens is 176 g/mol. The van der Waals surface area contributed by atoms with E-state index in [1.165, 1.54) is 12.8 Å². The molecule has 0 N–H and O–H groups in total. The molecule has 0 spiro atoms. The van der Waals surface area contributed by atoms with Crippen LogP contribution >= 0.6 is 0 Å². The lowest BCUT2D eigenvalue weighted by atomic mass is 10.1. The van der Waals surface area contributed by atoms with Crippen molar-refractivity contribution in [3.8, 4) is 0 Å². The molecule has 2 atom stereocenters. The number of rotatable bonds is 5. The van der Waals surface area contributed by atoms with Crippen LogP contribution in [0.15, 0.2) is 0 Å². The second-order valence-electron chi connectivity index (χ2n) is 4.30. The van der Waals surface area contributed by atoms with Crippen molar-refractivity contribution in [2.75, 3.05) is 0 Å². The van der Waals surface area contributed by atoms with Crippen LogP contribution in [0.1, 0.15) is 58.8 Å². The van der Waals surface area contributed by atoms with Crippen molar-refractivity contribution < 1.29 is 9.53 Å². The van der Waals surface area contributed by atoms with Gasteiger partial charge >= 0.3 is 5.97 Å². The predicted octanol–water partition coefficient (Wildman–Crippen LogP) is 3.30. The zero-order valence-corrected chi connectivity index (χ0v) is 9.42. The highest BCUT2D eigenvalue weighted by Gasteiger charge is 2.25. The highest BCUT2D eigenvalue weighted by molar-refractivity contribution is 5.69. The Morgan fingerprint density at radius 1 is 1.36 bits per heavy atom. The van der Waals surface area contributed by atoms with Gasteiger partial charge in [0.05, 0.1) is 0 Å². The van der Waals surface area contributed by atoms with Crippen LogP contribution in [0, 0.1) is 5.92 Å². The number of hydrogen-bond acceptors (Lipinski definition) is 2. The van der Waals surface area contributed by atoms with Gasteiger partial charge in [-0.25, -0.2) is 0 Å². The lowest BCUT2D eigenvalue weighted by Crippen LogP contribution is -2.14. The van der Waals surface area contributed by atoms with Crippen molar-refractivity contribution in [3.63, 3.8) is 0 Å². The third-order valence-electron chi connectivity index (χ3n) is 3.10. The van der Waals surface area contributed by atoms with Crippen LogP contribution in [0.3, 0.4) is 0 Å². The van der Waals surface area contributed by atoms with Crippen molar-refractivity contribution in [3.05, 3.63) is 0 Å². The number of unbranched alkanes of at least 4 members (excludes halogenated alkanes) is 1. The molecule has 0 aromatic carbocycles. The van der Waals surface area contributed by atoms with Gasteiger partial charge < -0.3 is 4.74 Å². The van der Waals surface area contributed by atoms with Gasteiger partial charge in [-0.05, 0) is 31.6 Å². The van der Waals surface area contributed by atoms with Gasteiger partial charge in [-0.2, -0.15) is 0 Å². The Morgan fingerprint density at radius 3 is 2.71 bits per heavy atom. The summed E-state index contributed by atoms with van der Waals surface area (Å²) in [6.45, 7) is 4.31. The molecule has 0 radical (unpaired) electrons. The Bertz CT molecular complexity index is 177. The van der Waals surface area contributed by atoms with Gasteiger partial charge in [-0.1, -0.05) is 26.7 Å². The molecule has 1 aliphatic rings. The maximum Gasteiger partial charge on any atom is 0.306 e. The van der Waals surface area contributed by atoms with Gasteiger partial charge in [0, 0.05) is 6.42 Å². The summed E-state index contributed by atoms with van der Waals surface area (Å²) in [5.41, 5.74) is 0. The summed E-state index contributed by atoms with van der Waals surface area (Å²) in [6.07, 6.45) is 7.49. The first-order chi connectivity index (χ1) is 6.76. The molecule has 0 aromatic rings. The van der Waals surface area contributed by atoms with Crippen LogP contribution in [0.4, 0.5) is 0 Å². The summed E-state index contributed by atoms with van der Waals surface area (Å²) in [4.78, 5) is 11.3. The first-order valence-electron chi connectivity index (χ1n) is 5.95. The topological polar surface area (TPSA) is 26.3 Å². The fourth-order valence-electron chi connectivity index (χ4n) is 2.07. The van der Waals surface area contributed by atoms with E-state index in [0.29, 0.717) is 6.42 Å². The largest absolute Gasteiger partial charge is 0.462 e. The molecule has 14 heavy (non-hydrogen) atoms. The fourth-order valence-corrected chi connectivity index (χ4v) is 2.07. The van der Waals surface area contributed by atoms with E-state index in [0.717, 1.165) is 31.6 Å². The van der Waals surface area contributed by atoms with Gasteiger partial charge in [0.25, 0.3) is 0 Å². The van der Waals surface area contributed by atoms with E-state index >= 15 is 0 Å². The third kappa shape index (κ3) is 3.69. The SMILES string of the molecule is CCCCC(=O)OC1CCC(CC)C1. The average Bonchev–Trinajstić information content (AvgIpc) is 2.62. The maximum absolute atomic E-state index is 11.3. The van der Waals surface area contributed by atoms with Crippen LogP contribution in [-0.2, 0) is 9.53 Å². The van der Waals surface area contributed by atoms with Crippen LogP contribution in [0.5, 0.6) is 0 Å². The molecule has 0 saturated heterocycles. The van der Waals surface area contributed by atoms with Gasteiger partial charge in [0.1, 0.15) is 6.10 Å². The number of hydrogen-bond donors (Lipinski definition) is 0. The quantitative estimate of drug-likeness (QED) is 0.633. The monoisotopic (exact) mass is 198 g/mol. The van der Waals surface area contributed by atoms with E-state index in [1.54, 1.807) is 0 Å². The summed E-state index contributed by atoms with van der Waals surface area (Å²) in [6, 6.07) is 0. The molecule has 0 aliphatic heterocycles. The van der Waals surface area contributed by atoms with Gasteiger partial charge in [-0.3, -0.25) is 4.79 Å². The van der Waals surface area contributed by atoms with Crippen LogP contribution < -0.4 is 0 Å². The van der Waals surface area contributed by atoms with Crippen molar-refractivity contribution in [2.24, 2.45) is 5.92 Å².